The highest BCUT2D eigenvalue weighted by Crippen LogP contribution is 2.02. The van der Waals surface area contributed by atoms with Gasteiger partial charge in [0.25, 0.3) is 0 Å². The van der Waals surface area contributed by atoms with Crippen LogP contribution in [0.1, 0.15) is 51.9 Å². The summed E-state index contributed by atoms with van der Waals surface area (Å²) >= 11 is 0. The Labute approximate surface area is 75.9 Å². The number of carbonyl (C=O) groups is 1. The Morgan fingerprint density at radius 2 is 1.58 bits per heavy atom. The van der Waals surface area contributed by atoms with Gasteiger partial charge in [-0.1, -0.05) is 31.9 Å². The Morgan fingerprint density at radius 3 is 2.25 bits per heavy atom. The second-order valence-corrected chi connectivity index (χ2v) is 3.06. The van der Waals surface area contributed by atoms with Crippen molar-refractivity contribution in [3.8, 4) is 0 Å². The quantitative estimate of drug-likeness (QED) is 0.308. The van der Waals surface area contributed by atoms with E-state index in [2.05, 4.69) is 19.1 Å². The minimum absolute atomic E-state index is 0.735. The zero-order valence-electron chi connectivity index (χ0n) is 8.09. The summed E-state index contributed by atoms with van der Waals surface area (Å²) < 4.78 is 0. The summed E-state index contributed by atoms with van der Waals surface area (Å²) in [5, 5.41) is 0. The molecule has 0 aliphatic heterocycles. The summed E-state index contributed by atoms with van der Waals surface area (Å²) in [5.41, 5.74) is 0. The van der Waals surface area contributed by atoms with Crippen molar-refractivity contribution in [2.45, 2.75) is 51.9 Å². The van der Waals surface area contributed by atoms with Crippen molar-refractivity contribution in [3.05, 3.63) is 12.2 Å². The molecule has 0 rings (SSSR count). The second kappa shape index (κ2) is 10.4. The van der Waals surface area contributed by atoms with E-state index in [-0.39, 0.29) is 0 Å². The van der Waals surface area contributed by atoms with Crippen LogP contribution in [0.5, 0.6) is 0 Å². The van der Waals surface area contributed by atoms with Crippen molar-refractivity contribution >= 4 is 6.29 Å². The van der Waals surface area contributed by atoms with E-state index in [1.54, 1.807) is 0 Å². The molecule has 70 valence electrons. The van der Waals surface area contributed by atoms with Crippen molar-refractivity contribution in [1.82, 2.24) is 0 Å². The van der Waals surface area contributed by atoms with Crippen LogP contribution >= 0.6 is 0 Å². The number of rotatable bonds is 8. The number of hydrogen-bond acceptors (Lipinski definition) is 1. The van der Waals surface area contributed by atoms with Gasteiger partial charge in [0.1, 0.15) is 6.29 Å². The Morgan fingerprint density at radius 1 is 0.917 bits per heavy atom. The minimum Gasteiger partial charge on any atom is -0.303 e. The summed E-state index contributed by atoms with van der Waals surface area (Å²) in [6.45, 7) is 2.19. The van der Waals surface area contributed by atoms with Crippen LogP contribution < -0.4 is 0 Å². The van der Waals surface area contributed by atoms with Gasteiger partial charge in [0, 0.05) is 6.42 Å². The maximum absolute atomic E-state index is 9.96. The molecule has 0 aromatic heterocycles. The van der Waals surface area contributed by atoms with Gasteiger partial charge in [0.2, 0.25) is 0 Å². The summed E-state index contributed by atoms with van der Waals surface area (Å²) in [5.74, 6) is 0. The highest BCUT2D eigenvalue weighted by molar-refractivity contribution is 5.48. The molecule has 1 nitrogen and oxygen atoms in total. The van der Waals surface area contributed by atoms with Crippen molar-refractivity contribution in [2.24, 2.45) is 0 Å². The monoisotopic (exact) mass is 168 g/mol. The number of unbranched alkanes of at least 4 members (excludes halogenated alkanes) is 5. The number of hydrogen-bond donors (Lipinski definition) is 0. The van der Waals surface area contributed by atoms with Crippen LogP contribution in [0, 0.1) is 0 Å². The van der Waals surface area contributed by atoms with Crippen molar-refractivity contribution in [2.75, 3.05) is 0 Å². The van der Waals surface area contributed by atoms with E-state index in [9.17, 15) is 4.79 Å². The third-order valence-corrected chi connectivity index (χ3v) is 1.81. The zero-order chi connectivity index (χ0) is 9.07. The first-order valence-corrected chi connectivity index (χ1v) is 5.00. The molecule has 1 heteroatoms. The second-order valence-electron chi connectivity index (χ2n) is 3.06. The summed E-state index contributed by atoms with van der Waals surface area (Å²) in [6.07, 6.45) is 13.3. The standard InChI is InChI=1S/C11H20O/c1-2-3-4-5-6-7-8-9-10-11-12/h4-5,11H,2-3,6-10H2,1H3/b5-4-. The molecule has 0 aromatic carbocycles. The highest BCUT2D eigenvalue weighted by atomic mass is 16.1. The average Bonchev–Trinajstić information content (AvgIpc) is 2.10. The van der Waals surface area contributed by atoms with E-state index in [4.69, 9.17) is 0 Å². The highest BCUT2D eigenvalue weighted by Gasteiger charge is 1.85. The molecular formula is C11H20O. The van der Waals surface area contributed by atoms with Crippen LogP contribution in [0.4, 0.5) is 0 Å². The molecule has 0 radical (unpaired) electrons. The van der Waals surface area contributed by atoms with Gasteiger partial charge in [-0.2, -0.15) is 0 Å². The summed E-state index contributed by atoms with van der Waals surface area (Å²) in [4.78, 5) is 9.96. The van der Waals surface area contributed by atoms with E-state index in [1.165, 1.54) is 32.1 Å². The normalized spacial score (nSPS) is 10.8. The van der Waals surface area contributed by atoms with Gasteiger partial charge >= 0.3 is 0 Å². The lowest BCUT2D eigenvalue weighted by Crippen LogP contribution is -1.77. The van der Waals surface area contributed by atoms with Crippen molar-refractivity contribution in [3.63, 3.8) is 0 Å². The predicted octanol–water partition coefficient (Wildman–Crippen LogP) is 3.49. The van der Waals surface area contributed by atoms with Crippen LogP contribution in [0.2, 0.25) is 0 Å². The fourth-order valence-electron chi connectivity index (χ4n) is 1.07. The van der Waals surface area contributed by atoms with Crippen LogP contribution in [0.3, 0.4) is 0 Å². The molecule has 0 fully saturated rings. The van der Waals surface area contributed by atoms with Crippen LogP contribution in [-0.2, 0) is 4.79 Å². The van der Waals surface area contributed by atoms with Gasteiger partial charge in [0.15, 0.2) is 0 Å². The Hall–Kier alpha value is -0.590. The maximum Gasteiger partial charge on any atom is 0.119 e. The fourth-order valence-corrected chi connectivity index (χ4v) is 1.07. The number of aldehydes is 1. The van der Waals surface area contributed by atoms with Gasteiger partial charge in [-0.05, 0) is 25.7 Å². The Balaban J connectivity index is 2.94. The molecular weight excluding hydrogens is 148 g/mol. The molecule has 0 bridgehead atoms. The molecule has 0 aliphatic carbocycles. The van der Waals surface area contributed by atoms with Crippen LogP contribution in [0.15, 0.2) is 12.2 Å². The fraction of sp³-hybridized carbons (Fsp3) is 0.727. The molecule has 0 unspecified atom stereocenters. The van der Waals surface area contributed by atoms with Crippen molar-refractivity contribution < 1.29 is 4.79 Å². The lowest BCUT2D eigenvalue weighted by atomic mass is 10.1. The molecule has 0 N–H and O–H groups in total. The van der Waals surface area contributed by atoms with Gasteiger partial charge in [-0.3, -0.25) is 0 Å². The Bertz CT molecular complexity index is 116. The lowest BCUT2D eigenvalue weighted by Gasteiger charge is -1.93. The largest absolute Gasteiger partial charge is 0.303 e. The summed E-state index contributed by atoms with van der Waals surface area (Å²) in [7, 11) is 0. The number of allylic oxidation sites excluding steroid dienone is 2. The molecule has 0 amide bonds. The Kier molecular flexibility index (Phi) is 9.90. The van der Waals surface area contributed by atoms with Gasteiger partial charge in [-0.15, -0.1) is 0 Å². The molecule has 0 saturated heterocycles. The first-order chi connectivity index (χ1) is 5.91. The topological polar surface area (TPSA) is 17.1 Å². The van der Waals surface area contributed by atoms with Gasteiger partial charge in [0.05, 0.1) is 0 Å². The SMILES string of the molecule is CCC/C=C\CCCCCC=O. The number of carbonyl (C=O) groups excluding carboxylic acids is 1. The third-order valence-electron chi connectivity index (χ3n) is 1.81. The molecule has 0 atom stereocenters. The predicted molar refractivity (Wildman–Crippen MR) is 53.2 cm³/mol. The molecule has 12 heavy (non-hydrogen) atoms. The average molecular weight is 168 g/mol. The minimum atomic E-state index is 0.735. The van der Waals surface area contributed by atoms with Gasteiger partial charge < -0.3 is 4.79 Å². The van der Waals surface area contributed by atoms with E-state index >= 15 is 0 Å². The molecule has 0 saturated carbocycles. The van der Waals surface area contributed by atoms with E-state index in [0.29, 0.717) is 0 Å². The van der Waals surface area contributed by atoms with E-state index in [0.717, 1.165) is 19.1 Å². The lowest BCUT2D eigenvalue weighted by molar-refractivity contribution is -0.107. The summed E-state index contributed by atoms with van der Waals surface area (Å²) in [6, 6.07) is 0. The van der Waals surface area contributed by atoms with E-state index in [1.807, 2.05) is 0 Å². The zero-order valence-corrected chi connectivity index (χ0v) is 8.09. The first-order valence-electron chi connectivity index (χ1n) is 5.00. The third kappa shape index (κ3) is 9.41. The van der Waals surface area contributed by atoms with Gasteiger partial charge in [-0.25, -0.2) is 0 Å². The van der Waals surface area contributed by atoms with E-state index < -0.39 is 0 Å². The van der Waals surface area contributed by atoms with Crippen molar-refractivity contribution in [1.29, 1.82) is 0 Å². The molecule has 0 spiro atoms. The molecule has 0 heterocycles. The first kappa shape index (κ1) is 11.4. The van der Waals surface area contributed by atoms with Crippen LogP contribution in [0.25, 0.3) is 0 Å². The van der Waals surface area contributed by atoms with Crippen LogP contribution in [-0.4, -0.2) is 6.29 Å². The molecule has 0 aromatic rings. The molecule has 0 aliphatic rings. The smallest absolute Gasteiger partial charge is 0.119 e. The maximum atomic E-state index is 9.96.